The first kappa shape index (κ1) is 16.5. The molecule has 2 aromatic carbocycles. The first-order valence-corrected chi connectivity index (χ1v) is 8.48. The second-order valence-corrected chi connectivity index (χ2v) is 6.31. The maximum atomic E-state index is 12.3. The minimum atomic E-state index is -0.405. The number of tetrazole rings is 1. The summed E-state index contributed by atoms with van der Waals surface area (Å²) in [5.74, 6) is 0.248. The van der Waals surface area contributed by atoms with Crippen LogP contribution in [-0.4, -0.2) is 38.5 Å². The fraction of sp³-hybridized carbons (Fsp3) is 0.125. The lowest BCUT2D eigenvalue weighted by Crippen LogP contribution is -2.12. The first-order chi connectivity index (χ1) is 11.7. The number of para-hydroxylation sites is 1. The molecule has 3 rings (SSSR count). The van der Waals surface area contributed by atoms with Crippen LogP contribution >= 0.6 is 23.4 Å². The Morgan fingerprint density at radius 3 is 2.71 bits per heavy atom. The van der Waals surface area contributed by atoms with Gasteiger partial charge in [-0.05, 0) is 46.8 Å². The normalized spacial score (nSPS) is 10.5. The molecular weight excluding hydrogens is 348 g/mol. The molecule has 0 amide bonds. The molecule has 0 N–H and O–H groups in total. The molecule has 8 heteroatoms. The van der Waals surface area contributed by atoms with Gasteiger partial charge in [0.2, 0.25) is 0 Å². The number of carbonyl (C=O) groups excluding carboxylic acids is 1. The minimum Gasteiger partial charge on any atom is -0.461 e. The number of benzene rings is 2. The predicted molar refractivity (Wildman–Crippen MR) is 91.6 cm³/mol. The molecule has 0 saturated heterocycles. The van der Waals surface area contributed by atoms with Crippen LogP contribution in [0, 0.1) is 0 Å². The molecule has 0 saturated carbocycles. The maximum Gasteiger partial charge on any atom is 0.340 e. The van der Waals surface area contributed by atoms with Crippen molar-refractivity contribution >= 4 is 29.3 Å². The Morgan fingerprint density at radius 1 is 1.17 bits per heavy atom. The molecule has 0 aliphatic rings. The second kappa shape index (κ2) is 7.94. The first-order valence-electron chi connectivity index (χ1n) is 7.12. The summed E-state index contributed by atoms with van der Waals surface area (Å²) in [5, 5.41) is 11.7. The SMILES string of the molecule is O=C(OCCSc1ccc(Cl)cc1)c1ccccc1-n1cnnn1. The molecule has 0 aliphatic carbocycles. The zero-order chi connectivity index (χ0) is 16.8. The Hall–Kier alpha value is -2.38. The van der Waals surface area contributed by atoms with Crippen LogP contribution in [0.25, 0.3) is 5.69 Å². The van der Waals surface area contributed by atoms with Crippen molar-refractivity contribution in [3.05, 3.63) is 65.4 Å². The van der Waals surface area contributed by atoms with Crippen molar-refractivity contribution in [2.45, 2.75) is 4.90 Å². The molecule has 1 aromatic heterocycles. The lowest BCUT2D eigenvalue weighted by molar-refractivity contribution is 0.0530. The number of nitrogens with zero attached hydrogens (tertiary/aromatic N) is 4. The van der Waals surface area contributed by atoms with Gasteiger partial charge in [0, 0.05) is 15.7 Å². The van der Waals surface area contributed by atoms with Gasteiger partial charge in [0.1, 0.15) is 12.9 Å². The summed E-state index contributed by atoms with van der Waals surface area (Å²) in [6.07, 6.45) is 1.43. The molecule has 0 aliphatic heterocycles. The van der Waals surface area contributed by atoms with Gasteiger partial charge in [0.25, 0.3) is 0 Å². The Kier molecular flexibility index (Phi) is 5.45. The van der Waals surface area contributed by atoms with Crippen LogP contribution < -0.4 is 0 Å². The molecule has 6 nitrogen and oxygen atoms in total. The Bertz CT molecular complexity index is 809. The number of halogens is 1. The highest BCUT2D eigenvalue weighted by Crippen LogP contribution is 2.20. The van der Waals surface area contributed by atoms with Crippen molar-refractivity contribution in [3.8, 4) is 5.69 Å². The molecule has 0 bridgehead atoms. The van der Waals surface area contributed by atoms with Crippen molar-refractivity contribution in [2.24, 2.45) is 0 Å². The van der Waals surface area contributed by atoms with Crippen molar-refractivity contribution in [1.82, 2.24) is 20.2 Å². The van der Waals surface area contributed by atoms with Crippen LogP contribution in [0.2, 0.25) is 5.02 Å². The zero-order valence-electron chi connectivity index (χ0n) is 12.5. The number of hydrogen-bond donors (Lipinski definition) is 0. The van der Waals surface area contributed by atoms with Crippen LogP contribution in [0.4, 0.5) is 0 Å². The van der Waals surface area contributed by atoms with Gasteiger partial charge in [0.15, 0.2) is 0 Å². The summed E-state index contributed by atoms with van der Waals surface area (Å²) in [7, 11) is 0. The van der Waals surface area contributed by atoms with Gasteiger partial charge in [-0.1, -0.05) is 23.7 Å². The van der Waals surface area contributed by atoms with E-state index in [2.05, 4.69) is 15.5 Å². The molecular formula is C16H13ClN4O2S. The highest BCUT2D eigenvalue weighted by Gasteiger charge is 2.14. The molecule has 122 valence electrons. The maximum absolute atomic E-state index is 12.3. The fourth-order valence-electron chi connectivity index (χ4n) is 2.02. The van der Waals surface area contributed by atoms with E-state index < -0.39 is 5.97 Å². The Labute approximate surface area is 147 Å². The van der Waals surface area contributed by atoms with Crippen molar-refractivity contribution in [3.63, 3.8) is 0 Å². The number of carbonyl (C=O) groups is 1. The third-order valence-corrected chi connectivity index (χ3v) is 4.35. The van der Waals surface area contributed by atoms with Crippen molar-refractivity contribution in [1.29, 1.82) is 0 Å². The van der Waals surface area contributed by atoms with Crippen LogP contribution in [0.5, 0.6) is 0 Å². The molecule has 3 aromatic rings. The van der Waals surface area contributed by atoms with E-state index in [1.165, 1.54) is 11.0 Å². The average Bonchev–Trinajstić information content (AvgIpc) is 3.14. The number of hydrogen-bond acceptors (Lipinski definition) is 6. The van der Waals surface area contributed by atoms with Crippen LogP contribution in [-0.2, 0) is 4.74 Å². The number of aromatic nitrogens is 4. The summed E-state index contributed by atoms with van der Waals surface area (Å²) in [4.78, 5) is 13.4. The molecule has 0 radical (unpaired) electrons. The van der Waals surface area contributed by atoms with E-state index in [9.17, 15) is 4.79 Å². The highest BCUT2D eigenvalue weighted by atomic mass is 35.5. The summed E-state index contributed by atoms with van der Waals surface area (Å²) in [6.45, 7) is 0.302. The fourth-order valence-corrected chi connectivity index (χ4v) is 2.88. The van der Waals surface area contributed by atoms with E-state index in [1.807, 2.05) is 30.3 Å². The Morgan fingerprint density at radius 2 is 1.96 bits per heavy atom. The van der Waals surface area contributed by atoms with Gasteiger partial charge in [-0.25, -0.2) is 4.79 Å². The molecule has 0 atom stereocenters. The highest BCUT2D eigenvalue weighted by molar-refractivity contribution is 7.99. The standard InChI is InChI=1S/C16H13ClN4O2S/c17-12-5-7-13(8-6-12)24-10-9-23-16(22)14-3-1-2-4-15(14)21-11-18-19-20-21/h1-8,11H,9-10H2. The third kappa shape index (κ3) is 4.12. The molecule has 0 spiro atoms. The monoisotopic (exact) mass is 360 g/mol. The van der Waals surface area contributed by atoms with E-state index in [4.69, 9.17) is 16.3 Å². The van der Waals surface area contributed by atoms with Gasteiger partial charge in [-0.15, -0.1) is 16.9 Å². The van der Waals surface area contributed by atoms with E-state index in [1.54, 1.807) is 30.0 Å². The summed E-state index contributed by atoms with van der Waals surface area (Å²) < 4.78 is 6.77. The van der Waals surface area contributed by atoms with E-state index in [0.29, 0.717) is 28.6 Å². The van der Waals surface area contributed by atoms with E-state index in [0.717, 1.165) is 4.90 Å². The van der Waals surface area contributed by atoms with Crippen molar-refractivity contribution in [2.75, 3.05) is 12.4 Å². The molecule has 1 heterocycles. The van der Waals surface area contributed by atoms with Gasteiger partial charge >= 0.3 is 5.97 Å². The van der Waals surface area contributed by atoms with Gasteiger partial charge in [0.05, 0.1) is 11.3 Å². The smallest absolute Gasteiger partial charge is 0.340 e. The number of rotatable bonds is 6. The molecule has 0 fully saturated rings. The van der Waals surface area contributed by atoms with Gasteiger partial charge in [-0.2, -0.15) is 4.68 Å². The zero-order valence-corrected chi connectivity index (χ0v) is 14.1. The van der Waals surface area contributed by atoms with E-state index in [-0.39, 0.29) is 0 Å². The molecule has 0 unspecified atom stereocenters. The third-order valence-electron chi connectivity index (χ3n) is 3.12. The minimum absolute atomic E-state index is 0.302. The quantitative estimate of drug-likeness (QED) is 0.382. The second-order valence-electron chi connectivity index (χ2n) is 4.71. The summed E-state index contributed by atoms with van der Waals surface area (Å²) in [5.41, 5.74) is 0.999. The Balaban J connectivity index is 1.57. The van der Waals surface area contributed by atoms with Gasteiger partial charge < -0.3 is 4.74 Å². The largest absolute Gasteiger partial charge is 0.461 e. The molecule has 24 heavy (non-hydrogen) atoms. The van der Waals surface area contributed by atoms with Crippen molar-refractivity contribution < 1.29 is 9.53 Å². The number of ether oxygens (including phenoxy) is 1. The average molecular weight is 361 g/mol. The predicted octanol–water partition coefficient (Wildman–Crippen LogP) is 3.26. The van der Waals surface area contributed by atoms with E-state index >= 15 is 0 Å². The lowest BCUT2D eigenvalue weighted by atomic mass is 10.2. The summed E-state index contributed by atoms with van der Waals surface area (Å²) in [6, 6.07) is 14.6. The van der Waals surface area contributed by atoms with Crippen LogP contribution in [0.1, 0.15) is 10.4 Å². The number of esters is 1. The summed E-state index contributed by atoms with van der Waals surface area (Å²) >= 11 is 7.44. The topological polar surface area (TPSA) is 69.9 Å². The lowest BCUT2D eigenvalue weighted by Gasteiger charge is -2.08. The van der Waals surface area contributed by atoms with Crippen LogP contribution in [0.3, 0.4) is 0 Å². The van der Waals surface area contributed by atoms with Crippen LogP contribution in [0.15, 0.2) is 59.8 Å². The number of thioether (sulfide) groups is 1. The van der Waals surface area contributed by atoms with Gasteiger partial charge in [-0.3, -0.25) is 0 Å².